The maximum absolute atomic E-state index is 13.2. The van der Waals surface area contributed by atoms with Gasteiger partial charge in [0.25, 0.3) is 0 Å². The van der Waals surface area contributed by atoms with Crippen molar-refractivity contribution in [3.8, 4) is 0 Å². The Morgan fingerprint density at radius 2 is 1.60 bits per heavy atom. The lowest BCUT2D eigenvalue weighted by Crippen LogP contribution is -2.43. The number of anilines is 1. The van der Waals surface area contributed by atoms with Crippen LogP contribution in [0.1, 0.15) is 60.3 Å². The van der Waals surface area contributed by atoms with E-state index < -0.39 is 11.7 Å². The zero-order chi connectivity index (χ0) is 25.0. The maximum Gasteiger partial charge on any atom is 0.416 e. The molecule has 2 aromatic carbocycles. The number of rotatable bonds is 6. The average molecular weight is 488 g/mol. The van der Waals surface area contributed by atoms with Gasteiger partial charge in [0.05, 0.1) is 5.56 Å². The molecule has 0 saturated carbocycles. The van der Waals surface area contributed by atoms with Crippen LogP contribution in [0.15, 0.2) is 42.5 Å². The molecule has 2 aliphatic rings. The van der Waals surface area contributed by atoms with Crippen molar-refractivity contribution in [2.45, 2.75) is 64.1 Å². The van der Waals surface area contributed by atoms with Crippen LogP contribution < -0.4 is 5.32 Å². The van der Waals surface area contributed by atoms with Crippen molar-refractivity contribution in [1.82, 2.24) is 9.80 Å². The normalized spacial score (nSPS) is 18.6. The van der Waals surface area contributed by atoms with E-state index in [0.717, 1.165) is 45.3 Å². The number of nitrogens with one attached hydrogen (secondary N) is 1. The summed E-state index contributed by atoms with van der Waals surface area (Å²) in [6.45, 7) is 7.71. The zero-order valence-electron chi connectivity index (χ0n) is 20.7. The van der Waals surface area contributed by atoms with Gasteiger partial charge in [-0.2, -0.15) is 13.2 Å². The maximum atomic E-state index is 13.2. The second kappa shape index (κ2) is 11.0. The highest BCUT2D eigenvalue weighted by atomic mass is 19.4. The number of alkyl halides is 3. The predicted molar refractivity (Wildman–Crippen MR) is 134 cm³/mol. The smallest absolute Gasteiger partial charge is 0.382 e. The summed E-state index contributed by atoms with van der Waals surface area (Å²) in [5.74, 6) is 0.786. The summed E-state index contributed by atoms with van der Waals surface area (Å²) in [4.78, 5) is 17.1. The highest BCUT2D eigenvalue weighted by Gasteiger charge is 2.33. The fraction of sp³-hybridized carbons (Fsp3) is 0.536. The summed E-state index contributed by atoms with van der Waals surface area (Å²) in [7, 11) is 0. The van der Waals surface area contributed by atoms with E-state index in [4.69, 9.17) is 0 Å². The molecule has 0 spiro atoms. The van der Waals surface area contributed by atoms with Crippen LogP contribution in [0.5, 0.6) is 0 Å². The van der Waals surface area contributed by atoms with Crippen molar-refractivity contribution in [1.29, 1.82) is 0 Å². The Morgan fingerprint density at radius 3 is 2.23 bits per heavy atom. The molecule has 2 aliphatic heterocycles. The Labute approximate surface area is 206 Å². The molecule has 4 rings (SSSR count). The second-order valence-electron chi connectivity index (χ2n) is 10.1. The first-order valence-corrected chi connectivity index (χ1v) is 12.7. The Kier molecular flexibility index (Phi) is 8.05. The molecular weight excluding hydrogens is 451 g/mol. The van der Waals surface area contributed by atoms with Crippen LogP contribution in [0.4, 0.5) is 18.9 Å². The summed E-state index contributed by atoms with van der Waals surface area (Å²) in [5, 5.41) is 3.24. The minimum atomic E-state index is -4.35. The molecule has 7 heteroatoms. The van der Waals surface area contributed by atoms with Crippen molar-refractivity contribution < 1.29 is 18.0 Å². The predicted octanol–water partition coefficient (Wildman–Crippen LogP) is 5.99. The highest BCUT2D eigenvalue weighted by molar-refractivity contribution is 5.76. The Balaban J connectivity index is 1.18. The number of benzene rings is 2. The topological polar surface area (TPSA) is 35.6 Å². The van der Waals surface area contributed by atoms with E-state index in [-0.39, 0.29) is 17.5 Å². The molecule has 0 bridgehead atoms. The Morgan fingerprint density at radius 1 is 0.943 bits per heavy atom. The lowest BCUT2D eigenvalue weighted by atomic mass is 9.89. The van der Waals surface area contributed by atoms with Gasteiger partial charge in [0.1, 0.15) is 0 Å². The first-order chi connectivity index (χ1) is 16.7. The first kappa shape index (κ1) is 25.5. The van der Waals surface area contributed by atoms with Crippen LogP contribution in [-0.2, 0) is 11.0 Å². The summed E-state index contributed by atoms with van der Waals surface area (Å²) >= 11 is 0. The van der Waals surface area contributed by atoms with Crippen molar-refractivity contribution in [3.05, 3.63) is 64.7 Å². The highest BCUT2D eigenvalue weighted by Crippen LogP contribution is 2.34. The van der Waals surface area contributed by atoms with Gasteiger partial charge in [-0.25, -0.2) is 0 Å². The van der Waals surface area contributed by atoms with Gasteiger partial charge in [0.15, 0.2) is 0 Å². The SMILES string of the molecule is Cc1ccc(C2CCN(CCC(=O)N3CCC(Nc4ccc(C)c(C(F)(F)F)c4)CC3)CC2)cc1. The summed E-state index contributed by atoms with van der Waals surface area (Å²) in [6.07, 6.45) is -0.0910. The molecular formula is C28H36F3N3O. The number of likely N-dealkylation sites (tertiary alicyclic amines) is 2. The molecule has 2 saturated heterocycles. The van der Waals surface area contributed by atoms with Crippen molar-refractivity contribution in [2.75, 3.05) is 38.0 Å². The molecule has 190 valence electrons. The molecule has 0 aromatic heterocycles. The second-order valence-corrected chi connectivity index (χ2v) is 10.1. The number of aryl methyl sites for hydroxylation is 2. The number of piperidine rings is 2. The van der Waals surface area contributed by atoms with E-state index in [1.54, 1.807) is 6.07 Å². The summed E-state index contributed by atoms with van der Waals surface area (Å²) in [6, 6.07) is 13.3. The van der Waals surface area contributed by atoms with Crippen LogP contribution in [-0.4, -0.2) is 54.5 Å². The molecule has 35 heavy (non-hydrogen) atoms. The fourth-order valence-electron chi connectivity index (χ4n) is 5.27. The molecule has 4 nitrogen and oxygen atoms in total. The van der Waals surface area contributed by atoms with Crippen LogP contribution >= 0.6 is 0 Å². The number of halogens is 3. The third-order valence-electron chi connectivity index (χ3n) is 7.54. The first-order valence-electron chi connectivity index (χ1n) is 12.7. The summed E-state index contributed by atoms with van der Waals surface area (Å²) < 4.78 is 39.6. The lowest BCUT2D eigenvalue weighted by Gasteiger charge is -2.35. The van der Waals surface area contributed by atoms with Gasteiger partial charge in [0, 0.05) is 37.8 Å². The van der Waals surface area contributed by atoms with E-state index >= 15 is 0 Å². The fourth-order valence-corrected chi connectivity index (χ4v) is 5.27. The van der Waals surface area contributed by atoms with Gasteiger partial charge < -0.3 is 15.1 Å². The Hall–Kier alpha value is -2.54. The number of carbonyl (C=O) groups is 1. The van der Waals surface area contributed by atoms with Crippen LogP contribution in [0.3, 0.4) is 0 Å². The van der Waals surface area contributed by atoms with Crippen LogP contribution in [0.2, 0.25) is 0 Å². The monoisotopic (exact) mass is 487 g/mol. The Bertz CT molecular complexity index is 989. The number of nitrogens with zero attached hydrogens (tertiary/aromatic N) is 2. The van der Waals surface area contributed by atoms with Crippen molar-refractivity contribution in [2.24, 2.45) is 0 Å². The number of hydrogen-bond donors (Lipinski definition) is 1. The number of amides is 1. The minimum Gasteiger partial charge on any atom is -0.382 e. The van der Waals surface area contributed by atoms with Gasteiger partial charge in [-0.15, -0.1) is 0 Å². The van der Waals surface area contributed by atoms with E-state index in [9.17, 15) is 18.0 Å². The van der Waals surface area contributed by atoms with Crippen LogP contribution in [0, 0.1) is 13.8 Å². The van der Waals surface area contributed by atoms with Crippen LogP contribution in [0.25, 0.3) is 0 Å². The number of hydrogen-bond acceptors (Lipinski definition) is 3. The molecule has 2 heterocycles. The number of carbonyl (C=O) groups excluding carboxylic acids is 1. The van der Waals surface area contributed by atoms with Gasteiger partial charge >= 0.3 is 6.18 Å². The van der Waals surface area contributed by atoms with Crippen molar-refractivity contribution >= 4 is 11.6 Å². The minimum absolute atomic E-state index is 0.0728. The largest absolute Gasteiger partial charge is 0.416 e. The zero-order valence-corrected chi connectivity index (χ0v) is 20.7. The molecule has 1 N–H and O–H groups in total. The third-order valence-corrected chi connectivity index (χ3v) is 7.54. The van der Waals surface area contributed by atoms with E-state index in [0.29, 0.717) is 31.1 Å². The summed E-state index contributed by atoms with van der Waals surface area (Å²) in [5.41, 5.74) is 2.82. The lowest BCUT2D eigenvalue weighted by molar-refractivity contribution is -0.138. The van der Waals surface area contributed by atoms with Gasteiger partial charge in [-0.3, -0.25) is 4.79 Å². The molecule has 0 unspecified atom stereocenters. The molecule has 0 atom stereocenters. The molecule has 0 aliphatic carbocycles. The molecule has 1 amide bonds. The van der Waals surface area contributed by atoms with Gasteiger partial charge in [-0.1, -0.05) is 35.9 Å². The van der Waals surface area contributed by atoms with Gasteiger partial charge in [-0.05, 0) is 81.8 Å². The average Bonchev–Trinajstić information content (AvgIpc) is 2.84. The quantitative estimate of drug-likeness (QED) is 0.543. The van der Waals surface area contributed by atoms with E-state index in [1.165, 1.54) is 30.2 Å². The van der Waals surface area contributed by atoms with Crippen molar-refractivity contribution in [3.63, 3.8) is 0 Å². The van der Waals surface area contributed by atoms with E-state index in [2.05, 4.69) is 41.4 Å². The molecule has 2 fully saturated rings. The molecule has 0 radical (unpaired) electrons. The standard InChI is InChI=1S/C28H36F3N3O/c1-20-3-6-22(7-4-20)23-9-14-33(15-10-23)16-13-27(35)34-17-11-24(12-18-34)32-25-8-5-21(2)26(19-25)28(29,30)31/h3-8,19,23-24,32H,9-18H2,1-2H3. The molecule has 2 aromatic rings. The van der Waals surface area contributed by atoms with E-state index in [1.807, 2.05) is 4.90 Å². The van der Waals surface area contributed by atoms with Gasteiger partial charge in [0.2, 0.25) is 5.91 Å². The third kappa shape index (κ3) is 6.78.